The van der Waals surface area contributed by atoms with Gasteiger partial charge in [0.25, 0.3) is 5.91 Å². The fourth-order valence-electron chi connectivity index (χ4n) is 1.55. The van der Waals surface area contributed by atoms with Crippen molar-refractivity contribution >= 4 is 5.91 Å². The third-order valence-electron chi connectivity index (χ3n) is 2.51. The lowest BCUT2D eigenvalue weighted by Crippen LogP contribution is -2.67. The van der Waals surface area contributed by atoms with Crippen LogP contribution in [0.2, 0.25) is 0 Å². The van der Waals surface area contributed by atoms with Crippen LogP contribution >= 0.6 is 0 Å². The topological polar surface area (TPSA) is 59.0 Å². The fourth-order valence-corrected chi connectivity index (χ4v) is 1.55. The number of aliphatic hydroxyl groups is 1. The summed E-state index contributed by atoms with van der Waals surface area (Å²) in [5.74, 6) is -0.470. The van der Waals surface area contributed by atoms with Crippen LogP contribution in [0.25, 0.3) is 0 Å². The lowest BCUT2D eigenvalue weighted by Gasteiger charge is -2.45. The molecule has 0 spiro atoms. The van der Waals surface area contributed by atoms with Crippen molar-refractivity contribution in [3.05, 3.63) is 0 Å². The maximum atomic E-state index is 11.8. The summed E-state index contributed by atoms with van der Waals surface area (Å²) < 4.78 is 32.4. The zero-order valence-corrected chi connectivity index (χ0v) is 7.86. The Morgan fingerprint density at radius 2 is 2.13 bits per heavy atom. The molecule has 0 aromatic carbocycles. The summed E-state index contributed by atoms with van der Waals surface area (Å²) in [6, 6.07) is 0. The quantitative estimate of drug-likeness (QED) is 0.680. The van der Waals surface area contributed by atoms with Crippen molar-refractivity contribution in [1.82, 2.24) is 4.90 Å². The Labute approximate surface area is 84.6 Å². The number of ether oxygens (including phenoxy) is 2. The molecule has 2 heterocycles. The summed E-state index contributed by atoms with van der Waals surface area (Å²) in [5, 5.41) is 9.58. The first kappa shape index (κ1) is 10.7. The number of likely N-dealkylation sites (tertiary alicyclic amines) is 1. The Bertz CT molecular complexity index is 263. The highest BCUT2D eigenvalue weighted by molar-refractivity contribution is 5.86. The van der Waals surface area contributed by atoms with Gasteiger partial charge in [-0.05, 0) is 0 Å². The van der Waals surface area contributed by atoms with Crippen molar-refractivity contribution in [2.75, 3.05) is 26.3 Å². The smallest absolute Gasteiger partial charge is 0.345 e. The van der Waals surface area contributed by atoms with Gasteiger partial charge in [-0.25, -0.2) is 0 Å². The van der Waals surface area contributed by atoms with Crippen molar-refractivity contribution in [3.63, 3.8) is 0 Å². The summed E-state index contributed by atoms with van der Waals surface area (Å²) >= 11 is 0. The van der Waals surface area contributed by atoms with Gasteiger partial charge >= 0.3 is 6.61 Å². The average molecular weight is 223 g/mol. The van der Waals surface area contributed by atoms with Gasteiger partial charge in [0.05, 0.1) is 19.3 Å². The molecule has 15 heavy (non-hydrogen) atoms. The van der Waals surface area contributed by atoms with Crippen LogP contribution < -0.4 is 0 Å². The second kappa shape index (κ2) is 3.66. The third-order valence-corrected chi connectivity index (χ3v) is 2.51. The maximum absolute atomic E-state index is 11.8. The fraction of sp³-hybridized carbons (Fsp3) is 0.875. The molecule has 2 aliphatic heterocycles. The molecule has 0 aromatic rings. The number of alkyl halides is 2. The van der Waals surface area contributed by atoms with Crippen LogP contribution in [-0.2, 0) is 14.3 Å². The van der Waals surface area contributed by atoms with Gasteiger partial charge in [0.1, 0.15) is 0 Å². The number of carbonyl (C=O) groups excluding carboxylic acids is 1. The van der Waals surface area contributed by atoms with Crippen LogP contribution in [0, 0.1) is 0 Å². The summed E-state index contributed by atoms with van der Waals surface area (Å²) in [4.78, 5) is 12.8. The van der Waals surface area contributed by atoms with Crippen LogP contribution in [-0.4, -0.2) is 60.5 Å². The Morgan fingerprint density at radius 3 is 2.53 bits per heavy atom. The second-order valence-corrected chi connectivity index (χ2v) is 3.75. The zero-order chi connectivity index (χ0) is 11.1. The molecule has 5 nitrogen and oxygen atoms in total. The number of carbonyl (C=O) groups is 1. The van der Waals surface area contributed by atoms with Gasteiger partial charge in [-0.1, -0.05) is 0 Å². The van der Waals surface area contributed by atoms with E-state index in [1.165, 1.54) is 4.90 Å². The molecule has 0 atom stereocenters. The zero-order valence-electron chi connectivity index (χ0n) is 7.86. The molecule has 0 saturated carbocycles. The van der Waals surface area contributed by atoms with E-state index in [1.807, 2.05) is 0 Å². The summed E-state index contributed by atoms with van der Waals surface area (Å²) in [6.45, 7) is -2.66. The molecule has 7 heteroatoms. The molecule has 2 aliphatic rings. The standard InChI is InChI=1S/C8H11F2NO4/c9-7(10)15-5-1-11(2-5)6(12)8(13)3-14-4-8/h5,7,13H,1-4H2. The Kier molecular flexibility index (Phi) is 2.61. The summed E-state index contributed by atoms with van der Waals surface area (Å²) in [6.07, 6.45) is -0.626. The molecule has 2 fully saturated rings. The first-order valence-corrected chi connectivity index (χ1v) is 4.54. The van der Waals surface area contributed by atoms with Crippen molar-refractivity contribution in [2.24, 2.45) is 0 Å². The third kappa shape index (κ3) is 1.95. The van der Waals surface area contributed by atoms with E-state index in [-0.39, 0.29) is 26.3 Å². The van der Waals surface area contributed by atoms with Crippen molar-refractivity contribution in [3.8, 4) is 0 Å². The monoisotopic (exact) mass is 223 g/mol. The predicted molar refractivity (Wildman–Crippen MR) is 43.2 cm³/mol. The van der Waals surface area contributed by atoms with Gasteiger partial charge in [0.2, 0.25) is 0 Å². The molecule has 86 valence electrons. The molecule has 0 aliphatic carbocycles. The van der Waals surface area contributed by atoms with Crippen molar-refractivity contribution < 1.29 is 28.2 Å². The van der Waals surface area contributed by atoms with Gasteiger partial charge in [-0.2, -0.15) is 8.78 Å². The largest absolute Gasteiger partial charge is 0.376 e. The molecule has 1 N–H and O–H groups in total. The van der Waals surface area contributed by atoms with Crippen molar-refractivity contribution in [1.29, 1.82) is 0 Å². The number of nitrogens with zero attached hydrogens (tertiary/aromatic N) is 1. The molecule has 0 aromatic heterocycles. The van der Waals surface area contributed by atoms with E-state index in [0.29, 0.717) is 0 Å². The molecule has 1 amide bonds. The van der Waals surface area contributed by atoms with Gasteiger partial charge in [0, 0.05) is 13.1 Å². The van der Waals surface area contributed by atoms with Crippen molar-refractivity contribution in [2.45, 2.75) is 18.3 Å². The highest BCUT2D eigenvalue weighted by atomic mass is 19.3. The van der Waals surface area contributed by atoms with Gasteiger partial charge in [0.15, 0.2) is 5.60 Å². The minimum atomic E-state index is -2.82. The SMILES string of the molecule is O=C(N1CC(OC(F)F)C1)C1(O)COC1. The second-order valence-electron chi connectivity index (χ2n) is 3.75. The van der Waals surface area contributed by atoms with Crippen LogP contribution in [0.15, 0.2) is 0 Å². The first-order chi connectivity index (χ1) is 7.01. The summed E-state index contributed by atoms with van der Waals surface area (Å²) in [7, 11) is 0. The van der Waals surface area contributed by atoms with E-state index in [2.05, 4.69) is 4.74 Å². The van der Waals surface area contributed by atoms with Crippen LogP contribution in [0.3, 0.4) is 0 Å². The number of hydrogen-bond acceptors (Lipinski definition) is 4. The highest BCUT2D eigenvalue weighted by Crippen LogP contribution is 2.24. The van der Waals surface area contributed by atoms with Crippen LogP contribution in [0.4, 0.5) is 8.78 Å². The molecule has 0 bridgehead atoms. The van der Waals surface area contributed by atoms with Crippen LogP contribution in [0.5, 0.6) is 0 Å². The minimum absolute atomic E-state index is 0.0251. The van der Waals surface area contributed by atoms with Gasteiger partial charge in [-0.3, -0.25) is 4.79 Å². The molecule has 2 saturated heterocycles. The van der Waals surface area contributed by atoms with E-state index < -0.39 is 24.2 Å². The van der Waals surface area contributed by atoms with E-state index in [0.717, 1.165) is 0 Å². The van der Waals surface area contributed by atoms with E-state index in [1.54, 1.807) is 0 Å². The number of rotatable bonds is 3. The van der Waals surface area contributed by atoms with E-state index >= 15 is 0 Å². The van der Waals surface area contributed by atoms with Crippen LogP contribution in [0.1, 0.15) is 0 Å². The van der Waals surface area contributed by atoms with Gasteiger partial charge < -0.3 is 19.5 Å². The normalized spacial score (nSPS) is 24.9. The highest BCUT2D eigenvalue weighted by Gasteiger charge is 2.49. The minimum Gasteiger partial charge on any atom is -0.376 e. The Morgan fingerprint density at radius 1 is 1.53 bits per heavy atom. The van der Waals surface area contributed by atoms with Gasteiger partial charge in [-0.15, -0.1) is 0 Å². The number of halogens is 2. The molecule has 0 radical (unpaired) electrons. The summed E-state index contributed by atoms with van der Waals surface area (Å²) in [5.41, 5.74) is -1.45. The number of amides is 1. The molecule has 0 unspecified atom stereocenters. The first-order valence-electron chi connectivity index (χ1n) is 4.54. The predicted octanol–water partition coefficient (Wildman–Crippen LogP) is -0.802. The Hall–Kier alpha value is -0.790. The Balaban J connectivity index is 1.77. The molecule has 2 rings (SSSR count). The van der Waals surface area contributed by atoms with E-state index in [4.69, 9.17) is 4.74 Å². The average Bonchev–Trinajstić information content (AvgIpc) is 2.05. The lowest BCUT2D eigenvalue weighted by atomic mass is 9.98. The molecular weight excluding hydrogens is 212 g/mol. The lowest BCUT2D eigenvalue weighted by molar-refractivity contribution is -0.223. The van der Waals surface area contributed by atoms with E-state index in [9.17, 15) is 18.7 Å². The molecular formula is C8H11F2NO4. The maximum Gasteiger partial charge on any atom is 0.345 e. The number of hydrogen-bond donors (Lipinski definition) is 1.